The number of pyridine rings is 1. The van der Waals surface area contributed by atoms with Gasteiger partial charge in [-0.15, -0.1) is 0 Å². The Labute approximate surface area is 103 Å². The largest absolute Gasteiger partial charge is 0.480 e. The number of hydrogen-bond acceptors (Lipinski definition) is 3. The van der Waals surface area contributed by atoms with E-state index in [-0.39, 0.29) is 12.3 Å². The van der Waals surface area contributed by atoms with Crippen LogP contribution in [0.1, 0.15) is 11.8 Å². The SMILES string of the molecule is NCC(Oc1cc(F)ccc1F)c1ccccn1. The predicted molar refractivity (Wildman–Crippen MR) is 63.0 cm³/mol. The van der Waals surface area contributed by atoms with Crippen molar-refractivity contribution < 1.29 is 13.5 Å². The van der Waals surface area contributed by atoms with Gasteiger partial charge in [-0.05, 0) is 24.3 Å². The van der Waals surface area contributed by atoms with E-state index in [1.165, 1.54) is 0 Å². The average Bonchev–Trinajstić information content (AvgIpc) is 2.41. The summed E-state index contributed by atoms with van der Waals surface area (Å²) in [7, 11) is 0. The van der Waals surface area contributed by atoms with E-state index in [9.17, 15) is 8.78 Å². The van der Waals surface area contributed by atoms with Gasteiger partial charge in [-0.3, -0.25) is 4.98 Å². The topological polar surface area (TPSA) is 48.1 Å². The second-order valence-corrected chi connectivity index (χ2v) is 3.67. The van der Waals surface area contributed by atoms with Gasteiger partial charge in [0.2, 0.25) is 0 Å². The maximum atomic E-state index is 13.4. The number of benzene rings is 1. The Hall–Kier alpha value is -2.01. The summed E-state index contributed by atoms with van der Waals surface area (Å²) < 4.78 is 31.8. The highest BCUT2D eigenvalue weighted by atomic mass is 19.1. The van der Waals surface area contributed by atoms with Crippen molar-refractivity contribution in [1.29, 1.82) is 0 Å². The highest BCUT2D eigenvalue weighted by Gasteiger charge is 2.15. The highest BCUT2D eigenvalue weighted by Crippen LogP contribution is 2.23. The lowest BCUT2D eigenvalue weighted by atomic mass is 10.2. The number of ether oxygens (including phenoxy) is 1. The third-order valence-corrected chi connectivity index (χ3v) is 2.39. The van der Waals surface area contributed by atoms with Gasteiger partial charge in [0, 0.05) is 18.8 Å². The molecule has 3 nitrogen and oxygen atoms in total. The van der Waals surface area contributed by atoms with E-state index in [0.717, 1.165) is 18.2 Å². The molecule has 0 bridgehead atoms. The van der Waals surface area contributed by atoms with Crippen molar-refractivity contribution in [2.75, 3.05) is 6.54 Å². The van der Waals surface area contributed by atoms with Crippen LogP contribution in [-0.2, 0) is 0 Å². The van der Waals surface area contributed by atoms with Gasteiger partial charge in [-0.1, -0.05) is 6.07 Å². The fourth-order valence-corrected chi connectivity index (χ4v) is 1.52. The van der Waals surface area contributed by atoms with Crippen LogP contribution in [-0.4, -0.2) is 11.5 Å². The summed E-state index contributed by atoms with van der Waals surface area (Å²) in [5, 5.41) is 0. The van der Waals surface area contributed by atoms with E-state index in [0.29, 0.717) is 5.69 Å². The molecule has 5 heteroatoms. The number of nitrogens with zero attached hydrogens (tertiary/aromatic N) is 1. The first-order valence-corrected chi connectivity index (χ1v) is 5.43. The lowest BCUT2D eigenvalue weighted by molar-refractivity contribution is 0.199. The van der Waals surface area contributed by atoms with Gasteiger partial charge < -0.3 is 10.5 Å². The monoisotopic (exact) mass is 250 g/mol. The van der Waals surface area contributed by atoms with Crippen LogP contribution in [0.2, 0.25) is 0 Å². The Bertz CT molecular complexity index is 520. The summed E-state index contributed by atoms with van der Waals surface area (Å²) in [5.74, 6) is -1.37. The molecule has 1 atom stereocenters. The van der Waals surface area contributed by atoms with E-state index in [2.05, 4.69) is 4.98 Å². The minimum Gasteiger partial charge on any atom is -0.480 e. The van der Waals surface area contributed by atoms with Crippen LogP contribution in [0.3, 0.4) is 0 Å². The predicted octanol–water partition coefficient (Wildman–Crippen LogP) is 2.44. The molecule has 2 aromatic rings. The van der Waals surface area contributed by atoms with Crippen LogP contribution >= 0.6 is 0 Å². The Morgan fingerprint density at radius 3 is 2.72 bits per heavy atom. The van der Waals surface area contributed by atoms with E-state index >= 15 is 0 Å². The van der Waals surface area contributed by atoms with Crippen molar-refractivity contribution >= 4 is 0 Å². The summed E-state index contributed by atoms with van der Waals surface area (Å²) in [5.41, 5.74) is 6.13. The molecule has 0 radical (unpaired) electrons. The van der Waals surface area contributed by atoms with Crippen LogP contribution in [0, 0.1) is 11.6 Å². The first-order chi connectivity index (χ1) is 8.70. The van der Waals surface area contributed by atoms with Gasteiger partial charge in [0.05, 0.1) is 5.69 Å². The van der Waals surface area contributed by atoms with Gasteiger partial charge in [0.15, 0.2) is 17.7 Å². The second-order valence-electron chi connectivity index (χ2n) is 3.67. The van der Waals surface area contributed by atoms with Crippen molar-refractivity contribution in [3.8, 4) is 5.75 Å². The van der Waals surface area contributed by atoms with Crippen LogP contribution in [0.4, 0.5) is 8.78 Å². The molecule has 2 rings (SSSR count). The molecule has 0 amide bonds. The smallest absolute Gasteiger partial charge is 0.165 e. The number of halogens is 2. The van der Waals surface area contributed by atoms with Crippen LogP contribution in [0.5, 0.6) is 5.75 Å². The van der Waals surface area contributed by atoms with Gasteiger partial charge >= 0.3 is 0 Å². The second kappa shape index (κ2) is 5.55. The Morgan fingerprint density at radius 2 is 2.06 bits per heavy atom. The van der Waals surface area contributed by atoms with Gasteiger partial charge in [0.1, 0.15) is 5.82 Å². The zero-order chi connectivity index (χ0) is 13.0. The van der Waals surface area contributed by atoms with E-state index < -0.39 is 17.7 Å². The van der Waals surface area contributed by atoms with Crippen molar-refractivity contribution in [2.45, 2.75) is 6.10 Å². The molecule has 0 fully saturated rings. The first-order valence-electron chi connectivity index (χ1n) is 5.43. The molecule has 1 aromatic carbocycles. The molecule has 1 aromatic heterocycles. The molecule has 0 aliphatic heterocycles. The molecule has 2 N–H and O–H groups in total. The molecule has 0 aliphatic carbocycles. The number of nitrogens with two attached hydrogens (primary N) is 1. The summed E-state index contributed by atoms with van der Waals surface area (Å²) in [6.07, 6.45) is 0.978. The molecule has 18 heavy (non-hydrogen) atoms. The number of hydrogen-bond donors (Lipinski definition) is 1. The number of rotatable bonds is 4. The summed E-state index contributed by atoms with van der Waals surface area (Å²) >= 11 is 0. The lowest BCUT2D eigenvalue weighted by Crippen LogP contribution is -2.20. The molecule has 94 valence electrons. The Kier molecular flexibility index (Phi) is 3.84. The first kappa shape index (κ1) is 12.4. The minimum atomic E-state index is -0.634. The van der Waals surface area contributed by atoms with Crippen LogP contribution < -0.4 is 10.5 Å². The van der Waals surface area contributed by atoms with E-state index in [1.807, 2.05) is 0 Å². The third-order valence-electron chi connectivity index (χ3n) is 2.39. The zero-order valence-electron chi connectivity index (χ0n) is 9.51. The molecule has 1 heterocycles. The van der Waals surface area contributed by atoms with Crippen molar-refractivity contribution in [2.24, 2.45) is 5.73 Å². The summed E-state index contributed by atoms with van der Waals surface area (Å²) in [4.78, 5) is 4.08. The third kappa shape index (κ3) is 2.81. The molecule has 0 saturated heterocycles. The molecule has 0 saturated carbocycles. The Balaban J connectivity index is 2.23. The normalized spacial score (nSPS) is 12.2. The van der Waals surface area contributed by atoms with E-state index in [4.69, 9.17) is 10.5 Å². The summed E-state index contributed by atoms with van der Waals surface area (Å²) in [6, 6.07) is 8.27. The lowest BCUT2D eigenvalue weighted by Gasteiger charge is -2.17. The average molecular weight is 250 g/mol. The number of aromatic nitrogens is 1. The van der Waals surface area contributed by atoms with Crippen molar-refractivity contribution in [1.82, 2.24) is 4.98 Å². The molecule has 0 spiro atoms. The molecular weight excluding hydrogens is 238 g/mol. The quantitative estimate of drug-likeness (QED) is 0.906. The zero-order valence-corrected chi connectivity index (χ0v) is 9.51. The van der Waals surface area contributed by atoms with Gasteiger partial charge in [-0.2, -0.15) is 0 Å². The highest BCUT2D eigenvalue weighted by molar-refractivity contribution is 5.26. The maximum absolute atomic E-state index is 13.4. The fraction of sp³-hybridized carbons (Fsp3) is 0.154. The Morgan fingerprint density at radius 1 is 1.22 bits per heavy atom. The molecular formula is C13H12F2N2O. The fourth-order valence-electron chi connectivity index (χ4n) is 1.52. The minimum absolute atomic E-state index is 0.118. The van der Waals surface area contributed by atoms with Crippen molar-refractivity contribution in [3.63, 3.8) is 0 Å². The maximum Gasteiger partial charge on any atom is 0.165 e. The van der Waals surface area contributed by atoms with Gasteiger partial charge in [0.25, 0.3) is 0 Å². The van der Waals surface area contributed by atoms with E-state index in [1.54, 1.807) is 24.4 Å². The molecule has 0 aliphatic rings. The molecule has 1 unspecified atom stereocenters. The van der Waals surface area contributed by atoms with Gasteiger partial charge in [-0.25, -0.2) is 8.78 Å². The summed E-state index contributed by atoms with van der Waals surface area (Å²) in [6.45, 7) is 0.118. The standard InChI is InChI=1S/C13H12F2N2O/c14-9-4-5-10(15)12(7-9)18-13(8-16)11-3-1-2-6-17-11/h1-7,13H,8,16H2. The van der Waals surface area contributed by atoms with Crippen molar-refractivity contribution in [3.05, 3.63) is 59.9 Å². The van der Waals surface area contributed by atoms with Crippen LogP contribution in [0.25, 0.3) is 0 Å². The van der Waals surface area contributed by atoms with Crippen LogP contribution in [0.15, 0.2) is 42.6 Å².